The van der Waals surface area contributed by atoms with E-state index in [1.54, 1.807) is 0 Å². The predicted molar refractivity (Wildman–Crippen MR) is 35.2 cm³/mol. The van der Waals surface area contributed by atoms with Crippen LogP contribution in [0.4, 0.5) is 0 Å². The summed E-state index contributed by atoms with van der Waals surface area (Å²) in [5.74, 6) is 0. The van der Waals surface area contributed by atoms with Crippen LogP contribution in [0.15, 0.2) is 0 Å². The fourth-order valence-corrected chi connectivity index (χ4v) is 0. The standard InChI is InChI=1S/CH2I2O2/c2-1(3,4)5/h4-5H. The molecule has 0 aromatic carbocycles. The van der Waals surface area contributed by atoms with Crippen molar-refractivity contribution in [2.75, 3.05) is 0 Å². The molecular formula is CH2I2O2. The number of alkyl halides is 2. The molecule has 0 aromatic rings. The lowest BCUT2D eigenvalue weighted by Gasteiger charge is -1.97. The normalized spacial score (nSPS) is 12.0. The van der Waals surface area contributed by atoms with Crippen molar-refractivity contribution in [2.24, 2.45) is 0 Å². The lowest BCUT2D eigenvalue weighted by atomic mass is 11.5. The first-order valence-electron chi connectivity index (χ1n) is 0.825. The number of hydrogen-bond acceptors (Lipinski definition) is 2. The molecule has 0 rings (SSSR count). The van der Waals surface area contributed by atoms with E-state index in [-0.39, 0.29) is 0 Å². The van der Waals surface area contributed by atoms with Crippen molar-refractivity contribution in [1.82, 2.24) is 0 Å². The van der Waals surface area contributed by atoms with Gasteiger partial charge in [0.05, 0.1) is 0 Å². The maximum atomic E-state index is 8.05. The van der Waals surface area contributed by atoms with Gasteiger partial charge in [-0.05, 0) is 45.2 Å². The van der Waals surface area contributed by atoms with Crippen LogP contribution < -0.4 is 0 Å². The van der Waals surface area contributed by atoms with Gasteiger partial charge in [-0.2, -0.15) is 0 Å². The SMILES string of the molecule is OC(O)(I)I. The first kappa shape index (κ1) is 6.38. The van der Waals surface area contributed by atoms with Crippen LogP contribution in [0, 0.1) is 0 Å². The Balaban J connectivity index is 3.02. The Hall–Kier alpha value is 1.38. The molecule has 0 saturated carbocycles. The minimum Gasteiger partial charge on any atom is -0.350 e. The molecule has 0 amide bonds. The summed E-state index contributed by atoms with van der Waals surface area (Å²) in [5.41, 5.74) is 0. The number of rotatable bonds is 0. The Bertz CT molecular complexity index is 23.1. The summed E-state index contributed by atoms with van der Waals surface area (Å²) in [6.45, 7) is 0. The Morgan fingerprint density at radius 1 is 1.20 bits per heavy atom. The summed E-state index contributed by atoms with van der Waals surface area (Å²) in [7, 11) is 0. The van der Waals surface area contributed by atoms with Gasteiger partial charge in [0.2, 0.25) is 0 Å². The van der Waals surface area contributed by atoms with E-state index in [1.165, 1.54) is 45.2 Å². The van der Waals surface area contributed by atoms with Gasteiger partial charge in [-0.15, -0.1) is 0 Å². The molecule has 0 radical (unpaired) electrons. The molecule has 0 aliphatic carbocycles. The van der Waals surface area contributed by atoms with E-state index in [4.69, 9.17) is 10.2 Å². The molecule has 5 heavy (non-hydrogen) atoms. The van der Waals surface area contributed by atoms with Crippen molar-refractivity contribution < 1.29 is 10.2 Å². The van der Waals surface area contributed by atoms with Gasteiger partial charge < -0.3 is 10.2 Å². The highest BCUT2D eigenvalue weighted by molar-refractivity contribution is 14.2. The lowest BCUT2D eigenvalue weighted by Crippen LogP contribution is -2.03. The highest BCUT2D eigenvalue weighted by atomic mass is 127. The highest BCUT2D eigenvalue weighted by Crippen LogP contribution is 2.17. The first-order valence-corrected chi connectivity index (χ1v) is 2.98. The first-order chi connectivity index (χ1) is 2.00. The third kappa shape index (κ3) is 32.3. The van der Waals surface area contributed by atoms with Gasteiger partial charge in [0.15, 0.2) is 0 Å². The molecule has 0 fully saturated rings. The molecule has 0 saturated heterocycles. The van der Waals surface area contributed by atoms with Crippen LogP contribution in [0.3, 0.4) is 0 Å². The zero-order valence-corrected chi connectivity index (χ0v) is 6.47. The highest BCUT2D eigenvalue weighted by Gasteiger charge is 2.07. The van der Waals surface area contributed by atoms with Crippen LogP contribution in [0.5, 0.6) is 0 Å². The van der Waals surface area contributed by atoms with Crippen LogP contribution in [0.2, 0.25) is 0 Å². The molecule has 0 aromatic heterocycles. The Morgan fingerprint density at radius 2 is 1.20 bits per heavy atom. The summed E-state index contributed by atoms with van der Waals surface area (Å²) in [5, 5.41) is 16.1. The average Bonchev–Trinajstić information content (AvgIpc) is 0.722. The van der Waals surface area contributed by atoms with Gasteiger partial charge in [0.1, 0.15) is 0 Å². The molecule has 0 unspecified atom stereocenters. The van der Waals surface area contributed by atoms with E-state index in [2.05, 4.69) is 0 Å². The van der Waals surface area contributed by atoms with Gasteiger partial charge in [0, 0.05) is 0 Å². The molecule has 2 nitrogen and oxygen atoms in total. The summed E-state index contributed by atoms with van der Waals surface area (Å²) in [6, 6.07) is 0. The fourth-order valence-electron chi connectivity index (χ4n) is 0. The molecule has 0 aliphatic heterocycles. The largest absolute Gasteiger partial charge is 0.350 e. The van der Waals surface area contributed by atoms with Crippen LogP contribution in [0.1, 0.15) is 0 Å². The smallest absolute Gasteiger partial charge is 0.269 e. The maximum absolute atomic E-state index is 8.05. The molecule has 2 N–H and O–H groups in total. The monoisotopic (exact) mass is 300 g/mol. The molecular weight excluding hydrogens is 298 g/mol. The molecule has 0 spiro atoms. The molecule has 0 aliphatic rings. The zero-order chi connectivity index (χ0) is 4.50. The topological polar surface area (TPSA) is 40.5 Å². The quantitative estimate of drug-likeness (QED) is 0.387. The Labute approximate surface area is 56.9 Å². The molecule has 0 atom stereocenters. The van der Waals surface area contributed by atoms with Crippen molar-refractivity contribution >= 4 is 45.2 Å². The minimum atomic E-state index is -1.56. The van der Waals surface area contributed by atoms with E-state index >= 15 is 0 Å². The summed E-state index contributed by atoms with van der Waals surface area (Å²) < 4.78 is -1.56. The van der Waals surface area contributed by atoms with Gasteiger partial charge in [-0.3, -0.25) is 0 Å². The third-order valence-corrected chi connectivity index (χ3v) is 0. The zero-order valence-electron chi connectivity index (χ0n) is 2.15. The predicted octanol–water partition coefficient (Wildman–Crippen LogP) is 0.452. The number of hydrogen-bond donors (Lipinski definition) is 2. The van der Waals surface area contributed by atoms with Crippen LogP contribution in [-0.4, -0.2) is 12.0 Å². The van der Waals surface area contributed by atoms with Crippen molar-refractivity contribution in [1.29, 1.82) is 0 Å². The van der Waals surface area contributed by atoms with E-state index in [0.29, 0.717) is 0 Å². The lowest BCUT2D eigenvalue weighted by molar-refractivity contribution is 0.0401. The van der Waals surface area contributed by atoms with Gasteiger partial charge in [0.25, 0.3) is 1.80 Å². The Morgan fingerprint density at radius 3 is 1.20 bits per heavy atom. The maximum Gasteiger partial charge on any atom is 0.269 e. The van der Waals surface area contributed by atoms with Crippen LogP contribution >= 0.6 is 45.2 Å². The van der Waals surface area contributed by atoms with E-state index < -0.39 is 1.80 Å². The second kappa shape index (κ2) is 1.90. The van der Waals surface area contributed by atoms with E-state index in [1.807, 2.05) is 0 Å². The molecule has 4 heteroatoms. The van der Waals surface area contributed by atoms with Gasteiger partial charge in [-0.25, -0.2) is 0 Å². The fraction of sp³-hybridized carbons (Fsp3) is 1.00. The molecule has 0 heterocycles. The summed E-state index contributed by atoms with van der Waals surface area (Å²) >= 11 is 2.95. The number of aliphatic hydroxyl groups is 2. The average molecular weight is 300 g/mol. The second-order valence-electron chi connectivity index (χ2n) is 0.509. The van der Waals surface area contributed by atoms with Crippen molar-refractivity contribution in [3.8, 4) is 0 Å². The van der Waals surface area contributed by atoms with E-state index in [0.717, 1.165) is 0 Å². The van der Waals surface area contributed by atoms with Crippen LogP contribution in [0.25, 0.3) is 0 Å². The second-order valence-corrected chi connectivity index (χ2v) is 5.58. The van der Waals surface area contributed by atoms with Gasteiger partial charge in [-0.1, -0.05) is 0 Å². The van der Waals surface area contributed by atoms with Crippen molar-refractivity contribution in [2.45, 2.75) is 1.80 Å². The van der Waals surface area contributed by atoms with Crippen LogP contribution in [-0.2, 0) is 0 Å². The van der Waals surface area contributed by atoms with Crippen molar-refractivity contribution in [3.63, 3.8) is 0 Å². The minimum absolute atomic E-state index is 1.48. The van der Waals surface area contributed by atoms with Crippen molar-refractivity contribution in [3.05, 3.63) is 0 Å². The molecule has 32 valence electrons. The third-order valence-electron chi connectivity index (χ3n) is 0. The molecule has 0 bridgehead atoms. The van der Waals surface area contributed by atoms with Gasteiger partial charge >= 0.3 is 0 Å². The Kier molecular flexibility index (Phi) is 2.42. The number of halogens is 2. The van der Waals surface area contributed by atoms with E-state index in [9.17, 15) is 0 Å². The summed E-state index contributed by atoms with van der Waals surface area (Å²) in [6.07, 6.45) is 0. The summed E-state index contributed by atoms with van der Waals surface area (Å²) in [4.78, 5) is 0.